The number of rotatable bonds is 12. The third-order valence-corrected chi connectivity index (χ3v) is 7.03. The Bertz CT molecular complexity index is 1210. The van der Waals surface area contributed by atoms with Gasteiger partial charge in [-0.1, -0.05) is 32.0 Å². The van der Waals surface area contributed by atoms with Gasteiger partial charge < -0.3 is 20.5 Å². The molecule has 0 fully saturated rings. The van der Waals surface area contributed by atoms with Crippen molar-refractivity contribution in [2.75, 3.05) is 31.8 Å². The lowest BCUT2D eigenvalue weighted by Crippen LogP contribution is -2.16. The van der Waals surface area contributed by atoms with Gasteiger partial charge in [0.2, 0.25) is 0 Å². The minimum atomic E-state index is -1.07. The van der Waals surface area contributed by atoms with Crippen LogP contribution in [0.15, 0.2) is 37.0 Å². The highest BCUT2D eigenvalue weighted by Gasteiger charge is 2.19. The van der Waals surface area contributed by atoms with Gasteiger partial charge in [-0.15, -0.1) is 23.1 Å². The molecule has 10 heteroatoms. The highest BCUT2D eigenvalue weighted by atomic mass is 35.5. The first-order valence-corrected chi connectivity index (χ1v) is 13.5. The lowest BCUT2D eigenvalue weighted by Gasteiger charge is -2.10. The van der Waals surface area contributed by atoms with Crippen LogP contribution < -0.4 is 15.4 Å². The number of ether oxygens (including phenoxy) is 1. The first-order chi connectivity index (χ1) is 16.7. The van der Waals surface area contributed by atoms with Crippen molar-refractivity contribution in [3.8, 4) is 17.0 Å². The average molecular weight is 533 g/mol. The summed E-state index contributed by atoms with van der Waals surface area (Å²) in [6, 6.07) is 7.21. The Morgan fingerprint density at radius 1 is 1.34 bits per heavy atom. The number of nitrogens with one attached hydrogen (secondary N) is 2. The summed E-state index contributed by atoms with van der Waals surface area (Å²) in [4.78, 5) is 22.9. The van der Waals surface area contributed by atoms with Gasteiger partial charge in [-0.2, -0.15) is 0 Å². The van der Waals surface area contributed by atoms with Crippen molar-refractivity contribution in [1.82, 2.24) is 15.3 Å². The molecular formula is C25H29ClN4O3S2. The fourth-order valence-corrected chi connectivity index (χ4v) is 5.04. The van der Waals surface area contributed by atoms with Crippen molar-refractivity contribution in [1.29, 1.82) is 0 Å². The highest BCUT2D eigenvalue weighted by molar-refractivity contribution is 8.07. The molecule has 1 aromatic carbocycles. The number of pyridine rings is 1. The molecule has 0 unspecified atom stereocenters. The molecule has 3 N–H and O–H groups in total. The molecule has 35 heavy (non-hydrogen) atoms. The number of thiazole rings is 1. The van der Waals surface area contributed by atoms with Crippen molar-refractivity contribution in [2.24, 2.45) is 5.92 Å². The molecule has 2 aromatic heterocycles. The van der Waals surface area contributed by atoms with Crippen molar-refractivity contribution in [3.05, 3.63) is 58.1 Å². The molecule has 0 spiro atoms. The SMILES string of the molecule is C=C(SC)c1cnc(Nc2nc(-c3ccc(OCCNC)c(Cl)c3)c(CC(C)C)s2)c(C(=O)O)c1. The molecule has 0 saturated heterocycles. The Labute approximate surface area is 219 Å². The number of nitrogens with zero attached hydrogens (tertiary/aromatic N) is 2. The van der Waals surface area contributed by atoms with E-state index >= 15 is 0 Å². The summed E-state index contributed by atoms with van der Waals surface area (Å²) in [6.45, 7) is 9.46. The molecular weight excluding hydrogens is 504 g/mol. The van der Waals surface area contributed by atoms with Crippen LogP contribution in [0.25, 0.3) is 16.2 Å². The molecule has 0 radical (unpaired) electrons. The van der Waals surface area contributed by atoms with Gasteiger partial charge in [-0.25, -0.2) is 14.8 Å². The van der Waals surface area contributed by atoms with Crippen LogP contribution in [0.3, 0.4) is 0 Å². The Morgan fingerprint density at radius 3 is 2.74 bits per heavy atom. The predicted octanol–water partition coefficient (Wildman–Crippen LogP) is 6.43. The van der Waals surface area contributed by atoms with Crippen molar-refractivity contribution in [2.45, 2.75) is 20.3 Å². The minimum absolute atomic E-state index is 0.0611. The maximum Gasteiger partial charge on any atom is 0.339 e. The molecule has 0 bridgehead atoms. The van der Waals surface area contributed by atoms with E-state index in [0.29, 0.717) is 34.0 Å². The predicted molar refractivity (Wildman–Crippen MR) is 148 cm³/mol. The zero-order valence-electron chi connectivity index (χ0n) is 20.1. The van der Waals surface area contributed by atoms with Gasteiger partial charge >= 0.3 is 5.97 Å². The van der Waals surface area contributed by atoms with Gasteiger partial charge in [-0.05, 0) is 49.9 Å². The van der Waals surface area contributed by atoms with Gasteiger partial charge in [-0.3, -0.25) is 0 Å². The number of benzene rings is 1. The molecule has 3 aromatic rings. The quantitative estimate of drug-likeness (QED) is 0.230. The number of aromatic carboxylic acids is 1. The van der Waals surface area contributed by atoms with Crippen molar-refractivity contribution < 1.29 is 14.6 Å². The number of hydrogen-bond donors (Lipinski definition) is 3. The van der Waals surface area contributed by atoms with Crippen molar-refractivity contribution >= 4 is 56.5 Å². The Hall–Kier alpha value is -2.59. The number of aromatic nitrogens is 2. The average Bonchev–Trinajstić information content (AvgIpc) is 3.21. The van der Waals surface area contributed by atoms with Crippen LogP contribution in [0.2, 0.25) is 5.02 Å². The second-order valence-corrected chi connectivity index (χ2v) is 10.6. The van der Waals surface area contributed by atoms with Crippen molar-refractivity contribution in [3.63, 3.8) is 0 Å². The molecule has 0 saturated carbocycles. The molecule has 186 valence electrons. The second-order valence-electron chi connectivity index (χ2n) is 8.16. The van der Waals surface area contributed by atoms with E-state index in [2.05, 4.69) is 36.0 Å². The number of halogens is 1. The fraction of sp³-hybridized carbons (Fsp3) is 0.320. The van der Waals surface area contributed by atoms with Crippen LogP contribution in [0.4, 0.5) is 10.9 Å². The fourth-order valence-electron chi connectivity index (χ4n) is 3.27. The zero-order chi connectivity index (χ0) is 25.5. The van der Waals surface area contributed by atoms with Gasteiger partial charge in [0, 0.05) is 33.7 Å². The largest absolute Gasteiger partial charge is 0.491 e. The van der Waals surface area contributed by atoms with Gasteiger partial charge in [0.25, 0.3) is 0 Å². The van der Waals surface area contributed by atoms with E-state index in [4.69, 9.17) is 21.3 Å². The molecule has 3 rings (SSSR count). The number of anilines is 2. The van der Waals surface area contributed by atoms with E-state index in [1.165, 1.54) is 23.1 Å². The number of hydrogen-bond acceptors (Lipinski definition) is 8. The van der Waals surface area contributed by atoms with E-state index in [1.807, 2.05) is 31.5 Å². The van der Waals surface area contributed by atoms with Crippen LogP contribution in [0.1, 0.15) is 34.6 Å². The number of likely N-dealkylation sites (N-methyl/N-ethyl adjacent to an activating group) is 1. The molecule has 0 amide bonds. The van der Waals surface area contributed by atoms with E-state index in [9.17, 15) is 9.90 Å². The summed E-state index contributed by atoms with van der Waals surface area (Å²) in [7, 11) is 1.86. The van der Waals surface area contributed by atoms with Gasteiger partial charge in [0.1, 0.15) is 23.7 Å². The Balaban J connectivity index is 1.95. The zero-order valence-corrected chi connectivity index (χ0v) is 22.5. The number of carbonyl (C=O) groups is 1. The second kappa shape index (κ2) is 12.4. The Kier molecular flexibility index (Phi) is 9.56. The molecule has 7 nitrogen and oxygen atoms in total. The topological polar surface area (TPSA) is 96.4 Å². The summed E-state index contributed by atoms with van der Waals surface area (Å²) in [5.74, 6) is 0.187. The maximum atomic E-state index is 11.9. The first kappa shape index (κ1) is 27.0. The van der Waals surface area contributed by atoms with E-state index in [1.54, 1.807) is 12.3 Å². The van der Waals surface area contributed by atoms with E-state index in [-0.39, 0.29) is 11.4 Å². The lowest BCUT2D eigenvalue weighted by molar-refractivity contribution is 0.0697. The molecule has 0 aliphatic carbocycles. The van der Waals surface area contributed by atoms with Crippen LogP contribution in [0.5, 0.6) is 5.75 Å². The van der Waals surface area contributed by atoms with Gasteiger partial charge in [0.05, 0.1) is 10.7 Å². The summed E-state index contributed by atoms with van der Waals surface area (Å²) in [5, 5.41) is 17.0. The molecule has 0 atom stereocenters. The minimum Gasteiger partial charge on any atom is -0.491 e. The van der Waals surface area contributed by atoms with Crippen LogP contribution in [-0.2, 0) is 6.42 Å². The van der Waals surface area contributed by atoms with E-state index < -0.39 is 5.97 Å². The lowest BCUT2D eigenvalue weighted by atomic mass is 10.0. The highest BCUT2D eigenvalue weighted by Crippen LogP contribution is 2.37. The summed E-state index contributed by atoms with van der Waals surface area (Å²) >= 11 is 9.41. The summed E-state index contributed by atoms with van der Waals surface area (Å²) < 4.78 is 5.72. The standard InChI is InChI=1S/C25H29ClN4O3S2/c1-14(2)10-21-22(16-6-7-20(19(26)12-16)33-9-8-27-4)29-25(35-21)30-23-18(24(31)32)11-17(13-28-23)15(3)34-5/h6-7,11-14,27H,3,8-10H2,1-2,4-5H3,(H,31,32)(H,28,29,30). The van der Waals surface area contributed by atoms with Crippen LogP contribution in [0, 0.1) is 5.92 Å². The van der Waals surface area contributed by atoms with Crippen LogP contribution in [-0.4, -0.2) is 47.5 Å². The maximum absolute atomic E-state index is 11.9. The molecule has 0 aliphatic heterocycles. The number of carboxylic acids is 1. The normalized spacial score (nSPS) is 11.0. The third-order valence-electron chi connectivity index (χ3n) is 5.02. The third kappa shape index (κ3) is 6.98. The number of thioether (sulfide) groups is 1. The molecule has 0 aliphatic rings. The monoisotopic (exact) mass is 532 g/mol. The Morgan fingerprint density at radius 2 is 2.11 bits per heavy atom. The summed E-state index contributed by atoms with van der Waals surface area (Å²) in [6.07, 6.45) is 4.32. The van der Waals surface area contributed by atoms with Gasteiger partial charge in [0.15, 0.2) is 5.13 Å². The summed E-state index contributed by atoms with van der Waals surface area (Å²) in [5.41, 5.74) is 2.41. The first-order valence-electron chi connectivity index (χ1n) is 11.0. The number of carboxylic acid groups (broad SMARTS) is 1. The van der Waals surface area contributed by atoms with Crippen LogP contribution >= 0.6 is 34.7 Å². The van der Waals surface area contributed by atoms with E-state index in [0.717, 1.165) is 34.0 Å². The molecule has 2 heterocycles. The smallest absolute Gasteiger partial charge is 0.339 e.